The average Bonchev–Trinajstić information content (AvgIpc) is 2.66. The molecule has 1 heterocycles. The van der Waals surface area contributed by atoms with Crippen LogP contribution in [-0.4, -0.2) is 0 Å². The summed E-state index contributed by atoms with van der Waals surface area (Å²) in [5.41, 5.74) is 8.61. The van der Waals surface area contributed by atoms with Gasteiger partial charge in [-0.15, -0.1) is 0 Å². The van der Waals surface area contributed by atoms with E-state index in [-0.39, 0.29) is 0 Å². The van der Waals surface area contributed by atoms with Crippen molar-refractivity contribution in [2.24, 2.45) is 5.73 Å². The van der Waals surface area contributed by atoms with Crippen LogP contribution in [0.1, 0.15) is 23.8 Å². The number of hydrogen-bond acceptors (Lipinski definition) is 2. The average molecular weight is 213 g/mol. The first-order valence-electron chi connectivity index (χ1n) is 5.31. The largest absolute Gasteiger partial charge is 0.456 e. The predicted molar refractivity (Wildman–Crippen MR) is 68.9 cm³/mol. The van der Waals surface area contributed by atoms with E-state index in [0.717, 1.165) is 27.9 Å². The molecular weight excluding hydrogens is 198 g/mol. The number of para-hydroxylation sites is 1. The van der Waals surface area contributed by atoms with Crippen molar-refractivity contribution in [2.45, 2.75) is 13.5 Å². The fourth-order valence-electron chi connectivity index (χ4n) is 1.86. The van der Waals surface area contributed by atoms with Crippen LogP contribution in [0.2, 0.25) is 0 Å². The second-order valence-corrected chi connectivity index (χ2v) is 3.58. The molecule has 1 aromatic heterocycles. The van der Waals surface area contributed by atoms with Crippen molar-refractivity contribution < 1.29 is 4.42 Å². The Bertz CT molecular complexity index is 549. The fourth-order valence-corrected chi connectivity index (χ4v) is 1.86. The fraction of sp³-hybridized carbons (Fsp3) is 0.143. The molecule has 0 fully saturated rings. The zero-order chi connectivity index (χ0) is 11.5. The van der Waals surface area contributed by atoms with Crippen LogP contribution in [0.4, 0.5) is 0 Å². The Balaban J connectivity index is 2.80. The van der Waals surface area contributed by atoms with E-state index in [4.69, 9.17) is 10.2 Å². The first-order valence-corrected chi connectivity index (χ1v) is 5.31. The summed E-state index contributed by atoms with van der Waals surface area (Å²) in [4.78, 5) is 0. The third-order valence-corrected chi connectivity index (χ3v) is 2.61. The molecule has 2 nitrogen and oxygen atoms in total. The molecule has 0 aliphatic heterocycles. The van der Waals surface area contributed by atoms with Gasteiger partial charge >= 0.3 is 0 Å². The Morgan fingerprint density at radius 1 is 1.44 bits per heavy atom. The summed E-state index contributed by atoms with van der Waals surface area (Å²) in [6.07, 6.45) is 5.71. The van der Waals surface area contributed by atoms with Crippen molar-refractivity contribution in [3.8, 4) is 0 Å². The van der Waals surface area contributed by atoms with E-state index in [9.17, 15) is 0 Å². The Kier molecular flexibility index (Phi) is 2.93. The van der Waals surface area contributed by atoms with Crippen LogP contribution >= 0.6 is 0 Å². The lowest BCUT2D eigenvalue weighted by molar-refractivity contribution is 0.599. The maximum Gasteiger partial charge on any atom is 0.139 e. The SMILES string of the molecule is C=Cc1c(/C=C\C)oc2c(CN)cccc12. The first kappa shape index (κ1) is 10.7. The lowest BCUT2D eigenvalue weighted by Gasteiger charge is -1.96. The lowest BCUT2D eigenvalue weighted by atomic mass is 10.1. The molecule has 0 bridgehead atoms. The highest BCUT2D eigenvalue weighted by Gasteiger charge is 2.11. The second-order valence-electron chi connectivity index (χ2n) is 3.58. The number of furan rings is 1. The molecule has 1 aromatic carbocycles. The Morgan fingerprint density at radius 2 is 2.25 bits per heavy atom. The van der Waals surface area contributed by atoms with E-state index in [1.54, 1.807) is 0 Å². The molecule has 0 saturated heterocycles. The molecule has 2 heteroatoms. The van der Waals surface area contributed by atoms with Gasteiger partial charge in [0, 0.05) is 23.1 Å². The molecule has 2 rings (SSSR count). The van der Waals surface area contributed by atoms with Crippen molar-refractivity contribution in [3.63, 3.8) is 0 Å². The van der Waals surface area contributed by atoms with Gasteiger partial charge in [0.1, 0.15) is 11.3 Å². The second kappa shape index (κ2) is 4.37. The number of allylic oxidation sites excluding steroid dienone is 1. The molecule has 0 spiro atoms. The number of hydrogen-bond donors (Lipinski definition) is 1. The minimum atomic E-state index is 0.483. The third-order valence-electron chi connectivity index (χ3n) is 2.61. The Hall–Kier alpha value is -1.80. The Labute approximate surface area is 95.1 Å². The summed E-state index contributed by atoms with van der Waals surface area (Å²) in [6.45, 7) is 6.27. The molecule has 0 amide bonds. The smallest absolute Gasteiger partial charge is 0.139 e. The quantitative estimate of drug-likeness (QED) is 0.846. The van der Waals surface area contributed by atoms with E-state index in [2.05, 4.69) is 6.58 Å². The highest BCUT2D eigenvalue weighted by molar-refractivity contribution is 5.92. The van der Waals surface area contributed by atoms with Gasteiger partial charge in [-0.25, -0.2) is 0 Å². The molecule has 2 aromatic rings. The first-order chi connectivity index (χ1) is 7.81. The van der Waals surface area contributed by atoms with Gasteiger partial charge in [-0.1, -0.05) is 36.9 Å². The molecule has 0 aliphatic rings. The van der Waals surface area contributed by atoms with Crippen molar-refractivity contribution in [3.05, 3.63) is 47.7 Å². The van der Waals surface area contributed by atoms with Gasteiger partial charge in [0.2, 0.25) is 0 Å². The molecule has 0 radical (unpaired) electrons. The van der Waals surface area contributed by atoms with E-state index in [0.29, 0.717) is 6.54 Å². The summed E-state index contributed by atoms with van der Waals surface area (Å²) in [5.74, 6) is 0.841. The van der Waals surface area contributed by atoms with E-state index in [1.165, 1.54) is 0 Å². The minimum Gasteiger partial charge on any atom is -0.456 e. The summed E-state index contributed by atoms with van der Waals surface area (Å²) in [5, 5.41) is 1.08. The van der Waals surface area contributed by atoms with Crippen LogP contribution in [-0.2, 0) is 6.54 Å². The summed E-state index contributed by atoms with van der Waals surface area (Å²) >= 11 is 0. The molecule has 82 valence electrons. The van der Waals surface area contributed by atoms with Gasteiger partial charge in [0.25, 0.3) is 0 Å². The van der Waals surface area contributed by atoms with Gasteiger partial charge in [-0.2, -0.15) is 0 Å². The van der Waals surface area contributed by atoms with Crippen LogP contribution in [0.15, 0.2) is 35.3 Å². The van der Waals surface area contributed by atoms with E-state index >= 15 is 0 Å². The molecule has 0 atom stereocenters. The number of benzene rings is 1. The highest BCUT2D eigenvalue weighted by atomic mass is 16.3. The molecule has 0 saturated carbocycles. The monoisotopic (exact) mass is 213 g/mol. The zero-order valence-electron chi connectivity index (χ0n) is 9.36. The summed E-state index contributed by atoms with van der Waals surface area (Å²) < 4.78 is 5.81. The topological polar surface area (TPSA) is 39.2 Å². The maximum absolute atomic E-state index is 5.81. The summed E-state index contributed by atoms with van der Waals surface area (Å²) in [6, 6.07) is 6.01. The summed E-state index contributed by atoms with van der Waals surface area (Å²) in [7, 11) is 0. The molecule has 2 N–H and O–H groups in total. The molecule has 0 unspecified atom stereocenters. The van der Waals surface area contributed by atoms with Crippen LogP contribution in [0, 0.1) is 0 Å². The zero-order valence-corrected chi connectivity index (χ0v) is 9.36. The van der Waals surface area contributed by atoms with Crippen molar-refractivity contribution in [2.75, 3.05) is 0 Å². The van der Waals surface area contributed by atoms with Gasteiger partial charge in [0.05, 0.1) is 0 Å². The number of nitrogens with two attached hydrogens (primary N) is 1. The van der Waals surface area contributed by atoms with Gasteiger partial charge in [-0.3, -0.25) is 0 Å². The van der Waals surface area contributed by atoms with Gasteiger partial charge in [0.15, 0.2) is 0 Å². The standard InChI is InChI=1S/C14H15NO/c1-3-6-13-11(4-2)12-8-5-7-10(9-15)14(12)16-13/h3-8H,2,9,15H2,1H3/b6-3-. The molecule has 16 heavy (non-hydrogen) atoms. The van der Waals surface area contributed by atoms with E-state index < -0.39 is 0 Å². The van der Waals surface area contributed by atoms with Crippen molar-refractivity contribution >= 4 is 23.1 Å². The number of fused-ring (bicyclic) bond motifs is 1. The minimum absolute atomic E-state index is 0.483. The predicted octanol–water partition coefficient (Wildman–Crippen LogP) is 3.57. The maximum atomic E-state index is 5.81. The third kappa shape index (κ3) is 1.57. The van der Waals surface area contributed by atoms with Crippen LogP contribution in [0.25, 0.3) is 23.1 Å². The number of rotatable bonds is 3. The van der Waals surface area contributed by atoms with Crippen molar-refractivity contribution in [1.29, 1.82) is 0 Å². The molecular formula is C14H15NO. The van der Waals surface area contributed by atoms with Crippen LogP contribution in [0.5, 0.6) is 0 Å². The van der Waals surface area contributed by atoms with E-state index in [1.807, 2.05) is 43.4 Å². The van der Waals surface area contributed by atoms with Crippen LogP contribution in [0.3, 0.4) is 0 Å². The molecule has 0 aliphatic carbocycles. The Morgan fingerprint density at radius 3 is 2.88 bits per heavy atom. The normalized spacial score (nSPS) is 11.4. The lowest BCUT2D eigenvalue weighted by Crippen LogP contribution is -1.95. The van der Waals surface area contributed by atoms with Crippen LogP contribution < -0.4 is 5.73 Å². The van der Waals surface area contributed by atoms with Crippen molar-refractivity contribution in [1.82, 2.24) is 0 Å². The van der Waals surface area contributed by atoms with Gasteiger partial charge in [-0.05, 0) is 13.0 Å². The van der Waals surface area contributed by atoms with Gasteiger partial charge < -0.3 is 10.2 Å². The highest BCUT2D eigenvalue weighted by Crippen LogP contribution is 2.30.